The normalized spacial score (nSPS) is 21.0. The van der Waals surface area contributed by atoms with Crippen LogP contribution in [0.5, 0.6) is 5.75 Å². The van der Waals surface area contributed by atoms with Gasteiger partial charge in [-0.2, -0.15) is 0 Å². The van der Waals surface area contributed by atoms with Crippen molar-refractivity contribution < 1.29 is 4.74 Å². The molecule has 0 spiro atoms. The molecule has 0 bridgehead atoms. The highest BCUT2D eigenvalue weighted by Gasteiger charge is 2.21. The highest BCUT2D eigenvalue weighted by atomic mass is 35.5. The fourth-order valence-electron chi connectivity index (χ4n) is 2.53. The zero-order valence-electron chi connectivity index (χ0n) is 11.0. The molecule has 0 amide bonds. The second kappa shape index (κ2) is 5.91. The second-order valence-corrected chi connectivity index (χ2v) is 5.39. The van der Waals surface area contributed by atoms with Crippen LogP contribution in [-0.4, -0.2) is 19.7 Å². The van der Waals surface area contributed by atoms with E-state index in [-0.39, 0.29) is 6.04 Å². The van der Waals surface area contributed by atoms with Crippen LogP contribution in [0.25, 0.3) is 0 Å². The maximum absolute atomic E-state index is 6.29. The van der Waals surface area contributed by atoms with E-state index in [0.717, 1.165) is 34.9 Å². The summed E-state index contributed by atoms with van der Waals surface area (Å²) in [5.41, 5.74) is 8.31. The first-order valence-electron chi connectivity index (χ1n) is 6.45. The van der Waals surface area contributed by atoms with Gasteiger partial charge in [-0.15, -0.1) is 0 Å². The van der Waals surface area contributed by atoms with Crippen LogP contribution in [0.1, 0.15) is 36.4 Å². The Kier molecular flexibility index (Phi) is 4.49. The molecular formula is C14H21ClN2O. The first-order chi connectivity index (χ1) is 8.61. The minimum Gasteiger partial charge on any atom is -0.496 e. The van der Waals surface area contributed by atoms with Gasteiger partial charge >= 0.3 is 0 Å². The van der Waals surface area contributed by atoms with E-state index in [1.165, 1.54) is 12.8 Å². The first kappa shape index (κ1) is 13.7. The number of hydrogen-bond donors (Lipinski definition) is 2. The zero-order chi connectivity index (χ0) is 13.1. The highest BCUT2D eigenvalue weighted by Crippen LogP contribution is 2.32. The van der Waals surface area contributed by atoms with Gasteiger partial charge in [0.25, 0.3) is 0 Å². The Morgan fingerprint density at radius 3 is 2.94 bits per heavy atom. The molecule has 100 valence electrons. The summed E-state index contributed by atoms with van der Waals surface area (Å²) in [6.07, 6.45) is 3.37. The van der Waals surface area contributed by atoms with Gasteiger partial charge < -0.3 is 15.8 Å². The van der Waals surface area contributed by atoms with Crippen molar-refractivity contribution in [3.63, 3.8) is 0 Å². The minimum atomic E-state index is -0.0337. The van der Waals surface area contributed by atoms with Crippen LogP contribution in [0.4, 0.5) is 0 Å². The van der Waals surface area contributed by atoms with E-state index in [4.69, 9.17) is 22.1 Å². The molecule has 1 aliphatic heterocycles. The molecule has 4 heteroatoms. The summed E-state index contributed by atoms with van der Waals surface area (Å²) < 4.78 is 5.41. The van der Waals surface area contributed by atoms with Gasteiger partial charge in [0.05, 0.1) is 7.11 Å². The molecule has 1 fully saturated rings. The van der Waals surface area contributed by atoms with Crippen LogP contribution in [0.3, 0.4) is 0 Å². The number of rotatable bonds is 4. The molecule has 2 rings (SSSR count). The average molecular weight is 269 g/mol. The maximum Gasteiger partial charge on any atom is 0.123 e. The van der Waals surface area contributed by atoms with Crippen molar-refractivity contribution in [3.8, 4) is 5.75 Å². The molecule has 1 saturated heterocycles. The quantitative estimate of drug-likeness (QED) is 0.883. The average Bonchev–Trinajstić information content (AvgIpc) is 2.84. The van der Waals surface area contributed by atoms with Crippen LogP contribution in [0.2, 0.25) is 5.02 Å². The van der Waals surface area contributed by atoms with Gasteiger partial charge in [0.1, 0.15) is 5.75 Å². The lowest BCUT2D eigenvalue weighted by Crippen LogP contribution is -2.27. The highest BCUT2D eigenvalue weighted by molar-refractivity contribution is 6.31. The summed E-state index contributed by atoms with van der Waals surface area (Å²) in [5.74, 6) is 0.836. The Morgan fingerprint density at radius 1 is 1.56 bits per heavy atom. The zero-order valence-corrected chi connectivity index (χ0v) is 11.8. The third-order valence-electron chi connectivity index (χ3n) is 3.61. The summed E-state index contributed by atoms with van der Waals surface area (Å²) in [4.78, 5) is 0. The molecule has 2 unspecified atom stereocenters. The van der Waals surface area contributed by atoms with E-state index >= 15 is 0 Å². The van der Waals surface area contributed by atoms with Crippen LogP contribution >= 0.6 is 11.6 Å². The number of aryl methyl sites for hydroxylation is 1. The summed E-state index contributed by atoms with van der Waals surface area (Å²) in [6.45, 7) is 3.07. The Bertz CT molecular complexity index is 417. The van der Waals surface area contributed by atoms with E-state index < -0.39 is 0 Å². The summed E-state index contributed by atoms with van der Waals surface area (Å²) in [6, 6.07) is 4.38. The first-order valence-corrected chi connectivity index (χ1v) is 6.82. The van der Waals surface area contributed by atoms with Gasteiger partial charge in [0.2, 0.25) is 0 Å². The molecule has 1 heterocycles. The number of nitrogens with one attached hydrogen (secondary N) is 1. The van der Waals surface area contributed by atoms with E-state index in [9.17, 15) is 0 Å². The monoisotopic (exact) mass is 268 g/mol. The van der Waals surface area contributed by atoms with E-state index in [1.807, 2.05) is 19.1 Å². The third-order valence-corrected chi connectivity index (χ3v) is 4.02. The van der Waals surface area contributed by atoms with E-state index in [0.29, 0.717) is 6.04 Å². The van der Waals surface area contributed by atoms with Crippen molar-refractivity contribution in [2.75, 3.05) is 13.7 Å². The van der Waals surface area contributed by atoms with Crippen molar-refractivity contribution in [2.24, 2.45) is 5.73 Å². The lowest BCUT2D eigenvalue weighted by Gasteiger charge is -2.20. The minimum absolute atomic E-state index is 0.0337. The summed E-state index contributed by atoms with van der Waals surface area (Å²) in [7, 11) is 1.67. The van der Waals surface area contributed by atoms with Crippen molar-refractivity contribution in [2.45, 2.75) is 38.3 Å². The Labute approximate surface area is 114 Å². The van der Waals surface area contributed by atoms with Gasteiger partial charge in [-0.1, -0.05) is 11.6 Å². The molecule has 1 aromatic carbocycles. The predicted molar refractivity (Wildman–Crippen MR) is 75.3 cm³/mol. The van der Waals surface area contributed by atoms with Gasteiger partial charge in [-0.05, 0) is 50.4 Å². The number of ether oxygens (including phenoxy) is 1. The molecule has 18 heavy (non-hydrogen) atoms. The smallest absolute Gasteiger partial charge is 0.123 e. The van der Waals surface area contributed by atoms with Crippen molar-refractivity contribution in [3.05, 3.63) is 28.3 Å². The van der Waals surface area contributed by atoms with Crippen LogP contribution in [0, 0.1) is 6.92 Å². The Balaban J connectivity index is 2.17. The van der Waals surface area contributed by atoms with Gasteiger partial charge in [0.15, 0.2) is 0 Å². The Morgan fingerprint density at radius 2 is 2.33 bits per heavy atom. The predicted octanol–water partition coefficient (Wildman–Crippen LogP) is 2.80. The summed E-state index contributed by atoms with van der Waals surface area (Å²) >= 11 is 6.18. The molecular weight excluding hydrogens is 248 g/mol. The van der Waals surface area contributed by atoms with Gasteiger partial charge in [-0.3, -0.25) is 0 Å². The largest absolute Gasteiger partial charge is 0.496 e. The number of halogens is 1. The SMILES string of the molecule is COc1cc(C)c(Cl)cc1C(N)CC1CCCN1. The van der Waals surface area contributed by atoms with Crippen LogP contribution in [0.15, 0.2) is 12.1 Å². The number of methoxy groups -OCH3 is 1. The van der Waals surface area contributed by atoms with Crippen LogP contribution in [-0.2, 0) is 0 Å². The standard InChI is InChI=1S/C14H21ClN2O/c1-9-6-14(18-2)11(8-12(9)15)13(16)7-10-4-3-5-17-10/h6,8,10,13,17H,3-5,7,16H2,1-2H3. The van der Waals surface area contributed by atoms with E-state index in [2.05, 4.69) is 5.32 Å². The fourth-order valence-corrected chi connectivity index (χ4v) is 2.70. The summed E-state index contributed by atoms with van der Waals surface area (Å²) in [5, 5.41) is 4.22. The number of benzene rings is 1. The molecule has 0 aliphatic carbocycles. The van der Waals surface area contributed by atoms with Crippen molar-refractivity contribution in [1.29, 1.82) is 0 Å². The molecule has 0 saturated carbocycles. The number of hydrogen-bond acceptors (Lipinski definition) is 3. The molecule has 1 aromatic rings. The lowest BCUT2D eigenvalue weighted by molar-refractivity contribution is 0.399. The number of nitrogens with two attached hydrogens (primary N) is 1. The van der Waals surface area contributed by atoms with Crippen molar-refractivity contribution in [1.82, 2.24) is 5.32 Å². The third kappa shape index (κ3) is 2.97. The molecule has 0 aromatic heterocycles. The van der Waals surface area contributed by atoms with Crippen molar-refractivity contribution >= 4 is 11.6 Å². The fraction of sp³-hybridized carbons (Fsp3) is 0.571. The van der Waals surface area contributed by atoms with E-state index in [1.54, 1.807) is 7.11 Å². The van der Waals surface area contributed by atoms with Gasteiger partial charge in [-0.25, -0.2) is 0 Å². The van der Waals surface area contributed by atoms with Crippen LogP contribution < -0.4 is 15.8 Å². The van der Waals surface area contributed by atoms with Gasteiger partial charge in [0, 0.05) is 22.7 Å². The second-order valence-electron chi connectivity index (χ2n) is 4.98. The Hall–Kier alpha value is -0.770. The lowest BCUT2D eigenvalue weighted by atomic mass is 9.97. The molecule has 3 nitrogen and oxygen atoms in total. The molecule has 0 radical (unpaired) electrons. The maximum atomic E-state index is 6.29. The molecule has 1 aliphatic rings. The molecule has 3 N–H and O–H groups in total. The topological polar surface area (TPSA) is 47.3 Å². The molecule has 2 atom stereocenters.